The van der Waals surface area contributed by atoms with Crippen LogP contribution in [-0.2, 0) is 4.18 Å². The maximum absolute atomic E-state index is 11.8. The minimum atomic E-state index is -0.359. The summed E-state index contributed by atoms with van der Waals surface area (Å²) in [5.41, 5.74) is 0.535. The number of hydrogen-bond acceptors (Lipinski definition) is 4. The Hall–Kier alpha value is -1.78. The monoisotopic (exact) mass is 260 g/mol. The lowest BCUT2D eigenvalue weighted by Gasteiger charge is -2.04. The van der Waals surface area contributed by atoms with Crippen molar-refractivity contribution in [1.82, 2.24) is 0 Å². The van der Waals surface area contributed by atoms with Gasteiger partial charge >= 0.3 is 5.97 Å². The summed E-state index contributed by atoms with van der Waals surface area (Å²) in [4.78, 5) is 12.7. The molecule has 0 heterocycles. The Balaban J connectivity index is 2.03. The Morgan fingerprint density at radius 2 is 1.67 bits per heavy atom. The van der Waals surface area contributed by atoms with Crippen molar-refractivity contribution in [3.63, 3.8) is 0 Å². The standard InChI is InChI=1S/C14H12O3S/c1-16-18-13-9-7-12(8-10-13)17-14(15)11-5-3-2-4-6-11/h2-10H,1H3. The zero-order valence-corrected chi connectivity index (χ0v) is 10.6. The van der Waals surface area contributed by atoms with E-state index in [4.69, 9.17) is 8.92 Å². The van der Waals surface area contributed by atoms with Crippen molar-refractivity contribution in [2.75, 3.05) is 7.11 Å². The van der Waals surface area contributed by atoms with E-state index < -0.39 is 0 Å². The predicted octanol–water partition coefficient (Wildman–Crippen LogP) is 3.56. The van der Waals surface area contributed by atoms with E-state index in [0.29, 0.717) is 11.3 Å². The van der Waals surface area contributed by atoms with Gasteiger partial charge in [0.25, 0.3) is 0 Å². The Labute approximate surface area is 110 Å². The molecule has 3 nitrogen and oxygen atoms in total. The largest absolute Gasteiger partial charge is 0.423 e. The number of ether oxygens (including phenoxy) is 1. The van der Waals surface area contributed by atoms with Crippen LogP contribution in [0.2, 0.25) is 0 Å². The van der Waals surface area contributed by atoms with Crippen molar-refractivity contribution >= 4 is 18.0 Å². The fourth-order valence-corrected chi connectivity index (χ4v) is 1.84. The minimum absolute atomic E-state index is 0.359. The number of rotatable bonds is 4. The summed E-state index contributed by atoms with van der Waals surface area (Å²) < 4.78 is 10.2. The van der Waals surface area contributed by atoms with Gasteiger partial charge in [0, 0.05) is 16.9 Å². The van der Waals surface area contributed by atoms with Crippen LogP contribution in [0.1, 0.15) is 10.4 Å². The number of benzene rings is 2. The third-order valence-corrected chi connectivity index (χ3v) is 2.85. The number of carbonyl (C=O) groups excluding carboxylic acids is 1. The van der Waals surface area contributed by atoms with Gasteiger partial charge in [0.1, 0.15) is 5.75 Å². The fourth-order valence-electron chi connectivity index (χ4n) is 1.40. The van der Waals surface area contributed by atoms with Gasteiger partial charge in [-0.05, 0) is 36.4 Å². The minimum Gasteiger partial charge on any atom is -0.423 e. The third kappa shape index (κ3) is 3.35. The van der Waals surface area contributed by atoms with Crippen LogP contribution in [0.3, 0.4) is 0 Å². The molecular formula is C14H12O3S. The van der Waals surface area contributed by atoms with Crippen molar-refractivity contribution in [3.8, 4) is 5.75 Å². The van der Waals surface area contributed by atoms with Gasteiger partial charge in [-0.2, -0.15) is 0 Å². The van der Waals surface area contributed by atoms with Crippen molar-refractivity contribution in [1.29, 1.82) is 0 Å². The van der Waals surface area contributed by atoms with E-state index in [2.05, 4.69) is 0 Å². The molecule has 0 radical (unpaired) electrons. The normalized spacial score (nSPS) is 10.1. The summed E-state index contributed by atoms with van der Waals surface area (Å²) in [6, 6.07) is 16.0. The Morgan fingerprint density at radius 3 is 2.28 bits per heavy atom. The molecule has 0 unspecified atom stereocenters. The zero-order chi connectivity index (χ0) is 12.8. The molecule has 92 valence electrons. The van der Waals surface area contributed by atoms with Crippen LogP contribution >= 0.6 is 12.0 Å². The molecular weight excluding hydrogens is 248 g/mol. The SMILES string of the molecule is COSc1ccc(OC(=O)c2ccccc2)cc1. The van der Waals surface area contributed by atoms with Crippen LogP contribution in [0.4, 0.5) is 0 Å². The summed E-state index contributed by atoms with van der Waals surface area (Å²) in [5.74, 6) is 0.159. The average molecular weight is 260 g/mol. The lowest BCUT2D eigenvalue weighted by Crippen LogP contribution is -2.07. The second kappa shape index (κ2) is 6.23. The van der Waals surface area contributed by atoms with Crippen molar-refractivity contribution in [3.05, 3.63) is 60.2 Å². The molecule has 0 fully saturated rings. The van der Waals surface area contributed by atoms with Gasteiger partial charge < -0.3 is 8.92 Å². The average Bonchev–Trinajstić information content (AvgIpc) is 2.42. The Morgan fingerprint density at radius 1 is 1.00 bits per heavy atom. The van der Waals surface area contributed by atoms with Gasteiger partial charge in [0.2, 0.25) is 0 Å². The molecule has 18 heavy (non-hydrogen) atoms. The van der Waals surface area contributed by atoms with Gasteiger partial charge in [-0.1, -0.05) is 18.2 Å². The second-order valence-corrected chi connectivity index (χ2v) is 4.45. The van der Waals surface area contributed by atoms with E-state index in [9.17, 15) is 4.79 Å². The first-order valence-electron chi connectivity index (χ1n) is 5.37. The molecule has 0 aliphatic rings. The van der Waals surface area contributed by atoms with Crippen molar-refractivity contribution in [2.45, 2.75) is 4.90 Å². The Kier molecular flexibility index (Phi) is 4.39. The molecule has 0 N–H and O–H groups in total. The second-order valence-electron chi connectivity index (χ2n) is 3.48. The lowest BCUT2D eigenvalue weighted by molar-refractivity contribution is 0.0734. The lowest BCUT2D eigenvalue weighted by atomic mass is 10.2. The summed E-state index contributed by atoms with van der Waals surface area (Å²) in [6.45, 7) is 0. The fraction of sp³-hybridized carbons (Fsp3) is 0.0714. The van der Waals surface area contributed by atoms with Crippen molar-refractivity contribution in [2.24, 2.45) is 0 Å². The molecule has 0 aliphatic carbocycles. The van der Waals surface area contributed by atoms with Crippen LogP contribution in [-0.4, -0.2) is 13.1 Å². The molecule has 0 amide bonds. The molecule has 4 heteroatoms. The molecule has 0 spiro atoms. The first kappa shape index (κ1) is 12.7. The highest BCUT2D eigenvalue weighted by Gasteiger charge is 2.07. The quantitative estimate of drug-likeness (QED) is 0.478. The third-order valence-electron chi connectivity index (χ3n) is 2.22. The molecule has 0 aliphatic heterocycles. The number of carbonyl (C=O) groups is 1. The maximum atomic E-state index is 11.8. The van der Waals surface area contributed by atoms with E-state index in [0.717, 1.165) is 4.90 Å². The van der Waals surface area contributed by atoms with Gasteiger partial charge in [0.05, 0.1) is 12.7 Å². The topological polar surface area (TPSA) is 35.5 Å². The molecule has 0 saturated carbocycles. The molecule has 2 aromatic rings. The van der Waals surface area contributed by atoms with E-state index in [1.54, 1.807) is 43.5 Å². The highest BCUT2D eigenvalue weighted by atomic mass is 32.2. The smallest absolute Gasteiger partial charge is 0.343 e. The first-order chi connectivity index (χ1) is 8.79. The number of hydrogen-bond donors (Lipinski definition) is 0. The first-order valence-corrected chi connectivity index (χ1v) is 6.12. The summed E-state index contributed by atoms with van der Waals surface area (Å²) in [7, 11) is 1.61. The molecule has 0 saturated heterocycles. The Bertz CT molecular complexity index is 508. The summed E-state index contributed by atoms with van der Waals surface area (Å²) >= 11 is 1.26. The zero-order valence-electron chi connectivity index (χ0n) is 9.83. The van der Waals surface area contributed by atoms with Crippen molar-refractivity contribution < 1.29 is 13.7 Å². The molecule has 2 rings (SSSR count). The maximum Gasteiger partial charge on any atom is 0.343 e. The molecule has 0 bridgehead atoms. The summed E-state index contributed by atoms with van der Waals surface area (Å²) in [5, 5.41) is 0. The van der Waals surface area contributed by atoms with Gasteiger partial charge in [-0.3, -0.25) is 0 Å². The van der Waals surface area contributed by atoms with E-state index in [-0.39, 0.29) is 5.97 Å². The van der Waals surface area contributed by atoms with E-state index >= 15 is 0 Å². The molecule has 0 aromatic heterocycles. The van der Waals surface area contributed by atoms with Crippen LogP contribution in [0, 0.1) is 0 Å². The van der Waals surface area contributed by atoms with E-state index in [1.165, 1.54) is 12.0 Å². The van der Waals surface area contributed by atoms with Crippen LogP contribution in [0.25, 0.3) is 0 Å². The predicted molar refractivity (Wildman–Crippen MR) is 70.7 cm³/mol. The molecule has 2 aromatic carbocycles. The molecule has 0 atom stereocenters. The summed E-state index contributed by atoms with van der Waals surface area (Å²) in [6.07, 6.45) is 0. The highest BCUT2D eigenvalue weighted by Crippen LogP contribution is 2.21. The highest BCUT2D eigenvalue weighted by molar-refractivity contribution is 7.94. The van der Waals surface area contributed by atoms with Gasteiger partial charge in [0.15, 0.2) is 0 Å². The van der Waals surface area contributed by atoms with Crippen LogP contribution < -0.4 is 4.74 Å². The van der Waals surface area contributed by atoms with E-state index in [1.807, 2.05) is 18.2 Å². The van der Waals surface area contributed by atoms with Crippen LogP contribution in [0.5, 0.6) is 5.75 Å². The van der Waals surface area contributed by atoms with Gasteiger partial charge in [-0.15, -0.1) is 0 Å². The van der Waals surface area contributed by atoms with Crippen LogP contribution in [0.15, 0.2) is 59.5 Å². The van der Waals surface area contributed by atoms with Gasteiger partial charge in [-0.25, -0.2) is 4.79 Å². The number of esters is 1.